The topological polar surface area (TPSA) is 69.9 Å². The van der Waals surface area contributed by atoms with Crippen LogP contribution in [0.3, 0.4) is 0 Å². The minimum Gasteiger partial charge on any atom is -0.507 e. The van der Waals surface area contributed by atoms with Crippen molar-refractivity contribution in [1.29, 1.82) is 0 Å². The maximum atomic E-state index is 10.1. The van der Waals surface area contributed by atoms with Crippen molar-refractivity contribution in [2.24, 2.45) is 0 Å². The fraction of sp³-hybridized carbons (Fsp3) is 0.538. The van der Waals surface area contributed by atoms with Crippen molar-refractivity contribution in [3.63, 3.8) is 0 Å². The van der Waals surface area contributed by atoms with Crippen molar-refractivity contribution in [2.45, 2.75) is 45.2 Å². The summed E-state index contributed by atoms with van der Waals surface area (Å²) in [7, 11) is 0. The lowest BCUT2D eigenvalue weighted by atomic mass is 9.93. The molecule has 4 nitrogen and oxygen atoms in total. The Balaban J connectivity index is 2.23. The number of phenolic OH excluding ortho intramolecular Hbond substituents is 1. The molecule has 0 radical (unpaired) electrons. The second-order valence-electron chi connectivity index (χ2n) is 5.08. The van der Waals surface area contributed by atoms with Gasteiger partial charge in [0, 0.05) is 12.0 Å². The zero-order chi connectivity index (χ0) is 12.6. The molecule has 3 N–H and O–H groups in total. The summed E-state index contributed by atoms with van der Waals surface area (Å²) in [5.74, 6) is 0.184. The summed E-state index contributed by atoms with van der Waals surface area (Å²) in [5, 5.41) is 29.5. The second kappa shape index (κ2) is 4.29. The second-order valence-corrected chi connectivity index (χ2v) is 5.08. The van der Waals surface area contributed by atoms with E-state index in [2.05, 4.69) is 0 Å². The first-order valence-corrected chi connectivity index (χ1v) is 5.70. The molecule has 1 heterocycles. The first-order chi connectivity index (χ1) is 7.89. The van der Waals surface area contributed by atoms with E-state index in [-0.39, 0.29) is 12.2 Å². The molecule has 0 aliphatic carbocycles. The Morgan fingerprint density at radius 2 is 2.06 bits per heavy atom. The number of hydrogen-bond acceptors (Lipinski definition) is 4. The molecule has 0 saturated carbocycles. The minimum atomic E-state index is -1.18. The molecule has 0 bridgehead atoms. The van der Waals surface area contributed by atoms with Gasteiger partial charge in [-0.15, -0.1) is 0 Å². The van der Waals surface area contributed by atoms with E-state index in [1.54, 1.807) is 19.9 Å². The van der Waals surface area contributed by atoms with Crippen LogP contribution in [0.15, 0.2) is 12.1 Å². The fourth-order valence-electron chi connectivity index (χ4n) is 1.91. The van der Waals surface area contributed by atoms with Crippen LogP contribution in [0.4, 0.5) is 0 Å². The zero-order valence-electron chi connectivity index (χ0n) is 10.1. The highest BCUT2D eigenvalue weighted by molar-refractivity contribution is 5.46. The molecule has 0 saturated heterocycles. The predicted octanol–water partition coefficient (Wildman–Crippen LogP) is 1.10. The average Bonchev–Trinajstić information content (AvgIpc) is 2.69. The number of rotatable bonds is 3. The molecule has 1 aliphatic heterocycles. The first kappa shape index (κ1) is 12.4. The number of aromatic hydroxyl groups is 1. The third-order valence-electron chi connectivity index (χ3n) is 3.20. The van der Waals surface area contributed by atoms with Gasteiger partial charge in [0.05, 0.1) is 24.9 Å². The molecule has 94 valence electrons. The number of aliphatic hydroxyl groups is 2. The van der Waals surface area contributed by atoms with Crippen LogP contribution in [0.5, 0.6) is 5.75 Å². The molecule has 0 unspecified atom stereocenters. The molecule has 0 fully saturated rings. The normalized spacial score (nSPS) is 16.9. The third kappa shape index (κ3) is 2.44. The van der Waals surface area contributed by atoms with Crippen molar-refractivity contribution >= 4 is 0 Å². The highest BCUT2D eigenvalue weighted by Crippen LogP contribution is 2.32. The summed E-state index contributed by atoms with van der Waals surface area (Å²) in [4.78, 5) is 0. The van der Waals surface area contributed by atoms with Gasteiger partial charge in [0.25, 0.3) is 0 Å². The van der Waals surface area contributed by atoms with Crippen molar-refractivity contribution in [1.82, 2.24) is 0 Å². The van der Waals surface area contributed by atoms with E-state index in [0.717, 1.165) is 11.1 Å². The Morgan fingerprint density at radius 3 is 2.71 bits per heavy atom. The van der Waals surface area contributed by atoms with Crippen LogP contribution in [0, 0.1) is 0 Å². The van der Waals surface area contributed by atoms with Crippen LogP contribution >= 0.6 is 0 Å². The third-order valence-corrected chi connectivity index (χ3v) is 3.20. The van der Waals surface area contributed by atoms with Crippen LogP contribution in [0.25, 0.3) is 0 Å². The van der Waals surface area contributed by atoms with Gasteiger partial charge in [-0.3, -0.25) is 0 Å². The van der Waals surface area contributed by atoms with Gasteiger partial charge >= 0.3 is 0 Å². The standard InChI is InChI=1S/C13H18O4/c1-13(2,16)11(14)5-8-3-4-9-6-17-7-10(9)12(8)15/h3-4,11,14-16H,5-7H2,1-2H3/t11-/m1/s1. The molecule has 0 spiro atoms. The maximum Gasteiger partial charge on any atom is 0.124 e. The highest BCUT2D eigenvalue weighted by atomic mass is 16.5. The van der Waals surface area contributed by atoms with Crippen LogP contribution in [-0.4, -0.2) is 27.0 Å². The molecule has 1 aromatic carbocycles. The maximum absolute atomic E-state index is 10.1. The van der Waals surface area contributed by atoms with Crippen molar-refractivity contribution in [3.8, 4) is 5.75 Å². The number of hydrogen-bond donors (Lipinski definition) is 3. The average molecular weight is 238 g/mol. The Bertz CT molecular complexity index is 420. The van der Waals surface area contributed by atoms with Gasteiger partial charge in [-0.25, -0.2) is 0 Å². The van der Waals surface area contributed by atoms with E-state index in [4.69, 9.17) is 4.74 Å². The molecule has 0 aromatic heterocycles. The smallest absolute Gasteiger partial charge is 0.124 e. The van der Waals surface area contributed by atoms with E-state index >= 15 is 0 Å². The molecule has 2 rings (SSSR count). The quantitative estimate of drug-likeness (QED) is 0.737. The van der Waals surface area contributed by atoms with Crippen molar-refractivity contribution in [3.05, 3.63) is 28.8 Å². The summed E-state index contributed by atoms with van der Waals surface area (Å²) in [5.41, 5.74) is 1.25. The molecule has 0 amide bonds. The molecule has 17 heavy (non-hydrogen) atoms. The van der Waals surface area contributed by atoms with Crippen LogP contribution in [0.1, 0.15) is 30.5 Å². The fourth-order valence-corrected chi connectivity index (χ4v) is 1.91. The first-order valence-electron chi connectivity index (χ1n) is 5.70. The zero-order valence-corrected chi connectivity index (χ0v) is 10.1. The highest BCUT2D eigenvalue weighted by Gasteiger charge is 2.27. The number of fused-ring (bicyclic) bond motifs is 1. The molecule has 4 heteroatoms. The SMILES string of the molecule is CC(C)(O)[C@H](O)Cc1ccc2c(c1O)COC2. The lowest BCUT2D eigenvalue weighted by molar-refractivity contribution is -0.0471. The summed E-state index contributed by atoms with van der Waals surface area (Å²) in [6.45, 7) is 4.03. The number of phenols is 1. The van der Waals surface area contributed by atoms with Gasteiger partial charge in [0.1, 0.15) is 5.75 Å². The monoisotopic (exact) mass is 238 g/mol. The lowest BCUT2D eigenvalue weighted by Crippen LogP contribution is -2.37. The van der Waals surface area contributed by atoms with Gasteiger partial charge in [0.15, 0.2) is 0 Å². The van der Waals surface area contributed by atoms with E-state index in [9.17, 15) is 15.3 Å². The van der Waals surface area contributed by atoms with Crippen LogP contribution in [0.2, 0.25) is 0 Å². The van der Waals surface area contributed by atoms with Gasteiger partial charge in [-0.2, -0.15) is 0 Å². The van der Waals surface area contributed by atoms with E-state index in [0.29, 0.717) is 18.8 Å². The van der Waals surface area contributed by atoms with E-state index in [1.165, 1.54) is 0 Å². The number of aliphatic hydroxyl groups excluding tert-OH is 1. The van der Waals surface area contributed by atoms with E-state index in [1.807, 2.05) is 6.07 Å². The summed E-state index contributed by atoms with van der Waals surface area (Å²) in [6, 6.07) is 3.67. The predicted molar refractivity (Wildman–Crippen MR) is 62.6 cm³/mol. The van der Waals surface area contributed by atoms with E-state index < -0.39 is 11.7 Å². The van der Waals surface area contributed by atoms with Gasteiger partial charge < -0.3 is 20.1 Å². The Labute approximate surface area is 100 Å². The number of ether oxygens (including phenoxy) is 1. The van der Waals surface area contributed by atoms with Crippen LogP contribution < -0.4 is 0 Å². The van der Waals surface area contributed by atoms with Gasteiger partial charge in [-0.05, 0) is 25.0 Å². The Kier molecular flexibility index (Phi) is 3.12. The molecule has 1 aromatic rings. The molecule has 1 aliphatic rings. The molecule has 1 atom stereocenters. The Morgan fingerprint density at radius 1 is 1.35 bits per heavy atom. The van der Waals surface area contributed by atoms with Gasteiger partial charge in [-0.1, -0.05) is 12.1 Å². The van der Waals surface area contributed by atoms with Crippen molar-refractivity contribution < 1.29 is 20.1 Å². The molecular weight excluding hydrogens is 220 g/mol. The lowest BCUT2D eigenvalue weighted by Gasteiger charge is -2.25. The minimum absolute atomic E-state index is 0.184. The summed E-state index contributed by atoms with van der Waals surface area (Å²) < 4.78 is 5.25. The molecular formula is C13H18O4. The van der Waals surface area contributed by atoms with Crippen LogP contribution in [-0.2, 0) is 24.4 Å². The van der Waals surface area contributed by atoms with Crippen molar-refractivity contribution in [2.75, 3.05) is 0 Å². The summed E-state index contributed by atoms with van der Waals surface area (Å²) >= 11 is 0. The Hall–Kier alpha value is -1.10. The number of benzene rings is 1. The summed E-state index contributed by atoms with van der Waals surface area (Å²) in [6.07, 6.45) is -0.684. The van der Waals surface area contributed by atoms with Gasteiger partial charge in [0.2, 0.25) is 0 Å². The largest absolute Gasteiger partial charge is 0.507 e.